The average molecular weight is 281 g/mol. The minimum atomic E-state index is -0.0387. The van der Waals surface area contributed by atoms with E-state index in [2.05, 4.69) is 15.0 Å². The summed E-state index contributed by atoms with van der Waals surface area (Å²) in [6, 6.07) is 5.18. The first kappa shape index (κ1) is 13.3. The molecule has 2 aromatic rings. The van der Waals surface area contributed by atoms with Gasteiger partial charge in [0.25, 0.3) is 5.91 Å². The quantitative estimate of drug-likeness (QED) is 0.907. The maximum atomic E-state index is 12.5. The van der Waals surface area contributed by atoms with Crippen LogP contribution in [-0.2, 0) is 0 Å². The zero-order valence-corrected chi connectivity index (χ0v) is 11.5. The Kier molecular flexibility index (Phi) is 3.65. The van der Waals surface area contributed by atoms with Crippen molar-refractivity contribution >= 4 is 5.91 Å². The SMILES string of the molecule is N#Cc1ccc(C(=O)N2CCC[C@@H](c3ncc[nH]3)C2)cn1. The Labute approximate surface area is 122 Å². The number of carbonyl (C=O) groups excluding carboxylic acids is 1. The number of nitrogens with one attached hydrogen (secondary N) is 1. The van der Waals surface area contributed by atoms with E-state index in [9.17, 15) is 4.79 Å². The number of piperidine rings is 1. The largest absolute Gasteiger partial charge is 0.348 e. The molecule has 0 aromatic carbocycles. The molecule has 1 aliphatic heterocycles. The third kappa shape index (κ3) is 2.77. The topological polar surface area (TPSA) is 85.7 Å². The predicted octanol–water partition coefficient (Wildman–Crippen LogP) is 1.70. The number of aromatic amines is 1. The smallest absolute Gasteiger partial charge is 0.255 e. The highest BCUT2D eigenvalue weighted by molar-refractivity contribution is 5.94. The van der Waals surface area contributed by atoms with Crippen LogP contribution < -0.4 is 0 Å². The molecule has 0 unspecified atom stereocenters. The summed E-state index contributed by atoms with van der Waals surface area (Å²) >= 11 is 0. The third-order valence-electron chi connectivity index (χ3n) is 3.74. The first-order valence-corrected chi connectivity index (χ1v) is 6.92. The molecule has 3 heterocycles. The van der Waals surface area contributed by atoms with Gasteiger partial charge in [0, 0.05) is 37.6 Å². The second-order valence-corrected chi connectivity index (χ2v) is 5.11. The van der Waals surface area contributed by atoms with Crippen LogP contribution in [0, 0.1) is 11.3 Å². The Hall–Kier alpha value is -2.68. The molecule has 3 rings (SSSR count). The molecule has 0 bridgehead atoms. The van der Waals surface area contributed by atoms with Crippen LogP contribution in [0.2, 0.25) is 0 Å². The number of aromatic nitrogens is 3. The van der Waals surface area contributed by atoms with E-state index in [1.54, 1.807) is 24.5 Å². The Balaban J connectivity index is 1.73. The maximum Gasteiger partial charge on any atom is 0.255 e. The van der Waals surface area contributed by atoms with E-state index >= 15 is 0 Å². The fourth-order valence-corrected chi connectivity index (χ4v) is 2.65. The number of carbonyl (C=O) groups is 1. The van der Waals surface area contributed by atoms with E-state index in [0.29, 0.717) is 17.8 Å². The van der Waals surface area contributed by atoms with Crippen molar-refractivity contribution in [2.75, 3.05) is 13.1 Å². The first-order chi connectivity index (χ1) is 10.3. The van der Waals surface area contributed by atoms with E-state index in [4.69, 9.17) is 5.26 Å². The summed E-state index contributed by atoms with van der Waals surface area (Å²) in [7, 11) is 0. The van der Waals surface area contributed by atoms with E-state index in [1.807, 2.05) is 11.0 Å². The summed E-state index contributed by atoms with van der Waals surface area (Å²) in [5.74, 6) is 1.15. The van der Waals surface area contributed by atoms with Crippen molar-refractivity contribution in [3.8, 4) is 6.07 Å². The van der Waals surface area contributed by atoms with Crippen LogP contribution >= 0.6 is 0 Å². The lowest BCUT2D eigenvalue weighted by atomic mass is 9.97. The summed E-state index contributed by atoms with van der Waals surface area (Å²) < 4.78 is 0. The standard InChI is InChI=1S/C15H15N5O/c16-8-13-4-3-11(9-19-13)15(21)20-7-1-2-12(10-20)14-17-5-6-18-14/h3-6,9,12H,1-2,7,10H2,(H,17,18)/t12-/m1/s1. The second kappa shape index (κ2) is 5.75. The number of nitrogens with zero attached hydrogens (tertiary/aromatic N) is 4. The number of amides is 1. The van der Waals surface area contributed by atoms with Crippen molar-refractivity contribution in [3.05, 3.63) is 47.8 Å². The van der Waals surface area contributed by atoms with Crippen LogP contribution in [0.5, 0.6) is 0 Å². The van der Waals surface area contributed by atoms with Crippen LogP contribution in [0.1, 0.15) is 40.6 Å². The van der Waals surface area contributed by atoms with Crippen molar-refractivity contribution in [2.45, 2.75) is 18.8 Å². The number of hydrogen-bond acceptors (Lipinski definition) is 4. The number of rotatable bonds is 2. The molecule has 0 spiro atoms. The minimum absolute atomic E-state index is 0.0387. The Morgan fingerprint density at radius 3 is 3.00 bits per heavy atom. The van der Waals surface area contributed by atoms with Gasteiger partial charge in [-0.25, -0.2) is 9.97 Å². The van der Waals surface area contributed by atoms with Crippen molar-refractivity contribution in [1.82, 2.24) is 19.9 Å². The number of H-pyrrole nitrogens is 1. The van der Waals surface area contributed by atoms with Gasteiger partial charge in [0.05, 0.1) is 5.56 Å². The molecule has 1 saturated heterocycles. The van der Waals surface area contributed by atoms with Gasteiger partial charge in [-0.15, -0.1) is 0 Å². The Bertz CT molecular complexity index is 656. The summed E-state index contributed by atoms with van der Waals surface area (Å²) in [5.41, 5.74) is 0.841. The molecule has 6 heteroatoms. The van der Waals surface area contributed by atoms with Crippen LogP contribution in [0.15, 0.2) is 30.7 Å². The van der Waals surface area contributed by atoms with Gasteiger partial charge >= 0.3 is 0 Å². The molecule has 1 N–H and O–H groups in total. The zero-order chi connectivity index (χ0) is 14.7. The van der Waals surface area contributed by atoms with E-state index in [1.165, 1.54) is 6.20 Å². The minimum Gasteiger partial charge on any atom is -0.348 e. The molecule has 0 radical (unpaired) electrons. The van der Waals surface area contributed by atoms with Gasteiger partial charge in [0.2, 0.25) is 0 Å². The van der Waals surface area contributed by atoms with Crippen LogP contribution in [0.4, 0.5) is 0 Å². The van der Waals surface area contributed by atoms with Gasteiger partial charge in [-0.1, -0.05) is 0 Å². The summed E-state index contributed by atoms with van der Waals surface area (Å²) in [5, 5.41) is 8.74. The summed E-state index contributed by atoms with van der Waals surface area (Å²) in [6.07, 6.45) is 7.00. The maximum absolute atomic E-state index is 12.5. The van der Waals surface area contributed by atoms with E-state index in [-0.39, 0.29) is 11.8 Å². The van der Waals surface area contributed by atoms with Crippen LogP contribution in [0.3, 0.4) is 0 Å². The number of nitriles is 1. The lowest BCUT2D eigenvalue weighted by Crippen LogP contribution is -2.39. The van der Waals surface area contributed by atoms with Crippen molar-refractivity contribution in [2.24, 2.45) is 0 Å². The highest BCUT2D eigenvalue weighted by Crippen LogP contribution is 2.25. The molecular weight excluding hydrogens is 266 g/mol. The molecule has 106 valence electrons. The molecule has 21 heavy (non-hydrogen) atoms. The number of likely N-dealkylation sites (tertiary alicyclic amines) is 1. The normalized spacial score (nSPS) is 18.2. The molecule has 1 aliphatic rings. The van der Waals surface area contributed by atoms with Crippen molar-refractivity contribution < 1.29 is 4.79 Å². The lowest BCUT2D eigenvalue weighted by Gasteiger charge is -2.31. The lowest BCUT2D eigenvalue weighted by molar-refractivity contribution is 0.0704. The Morgan fingerprint density at radius 1 is 1.43 bits per heavy atom. The zero-order valence-electron chi connectivity index (χ0n) is 11.5. The monoisotopic (exact) mass is 281 g/mol. The highest BCUT2D eigenvalue weighted by atomic mass is 16.2. The number of pyridine rings is 1. The van der Waals surface area contributed by atoms with Gasteiger partial charge in [-0.05, 0) is 25.0 Å². The molecule has 6 nitrogen and oxygen atoms in total. The Morgan fingerprint density at radius 2 is 2.33 bits per heavy atom. The molecule has 1 fully saturated rings. The molecule has 2 aromatic heterocycles. The number of hydrogen-bond donors (Lipinski definition) is 1. The van der Waals surface area contributed by atoms with Crippen molar-refractivity contribution in [3.63, 3.8) is 0 Å². The van der Waals surface area contributed by atoms with E-state index in [0.717, 1.165) is 25.2 Å². The average Bonchev–Trinajstić information content (AvgIpc) is 3.09. The first-order valence-electron chi connectivity index (χ1n) is 6.92. The molecule has 1 atom stereocenters. The van der Waals surface area contributed by atoms with Crippen LogP contribution in [0.25, 0.3) is 0 Å². The highest BCUT2D eigenvalue weighted by Gasteiger charge is 2.26. The predicted molar refractivity (Wildman–Crippen MR) is 75.4 cm³/mol. The van der Waals surface area contributed by atoms with Gasteiger partial charge in [0.1, 0.15) is 17.6 Å². The fraction of sp³-hybridized carbons (Fsp3) is 0.333. The molecule has 0 saturated carbocycles. The van der Waals surface area contributed by atoms with Gasteiger partial charge in [0.15, 0.2) is 0 Å². The summed E-state index contributed by atoms with van der Waals surface area (Å²) in [4.78, 5) is 25.7. The molecular formula is C15H15N5O. The van der Waals surface area contributed by atoms with E-state index < -0.39 is 0 Å². The van der Waals surface area contributed by atoms with Gasteiger partial charge in [-0.3, -0.25) is 4.79 Å². The fourth-order valence-electron chi connectivity index (χ4n) is 2.65. The van der Waals surface area contributed by atoms with Gasteiger partial charge < -0.3 is 9.88 Å². The van der Waals surface area contributed by atoms with Crippen LogP contribution in [-0.4, -0.2) is 38.8 Å². The molecule has 0 aliphatic carbocycles. The molecule has 1 amide bonds. The third-order valence-corrected chi connectivity index (χ3v) is 3.74. The second-order valence-electron chi connectivity index (χ2n) is 5.11. The van der Waals surface area contributed by atoms with Crippen molar-refractivity contribution in [1.29, 1.82) is 5.26 Å². The summed E-state index contributed by atoms with van der Waals surface area (Å²) in [6.45, 7) is 1.41. The number of imidazole rings is 1. The van der Waals surface area contributed by atoms with Gasteiger partial charge in [-0.2, -0.15) is 5.26 Å².